The molecule has 3 saturated carbocycles. The van der Waals surface area contributed by atoms with Crippen LogP contribution >= 0.6 is 0 Å². The maximum atomic E-state index is 14.8. The van der Waals surface area contributed by atoms with E-state index in [9.17, 15) is 27.6 Å². The van der Waals surface area contributed by atoms with Crippen LogP contribution in [0.2, 0.25) is 0 Å². The van der Waals surface area contributed by atoms with Crippen LogP contribution in [-0.2, 0) is 38.4 Å². The molecule has 1 aliphatic heterocycles. The van der Waals surface area contributed by atoms with Crippen LogP contribution in [0.3, 0.4) is 0 Å². The molecule has 0 spiro atoms. The quantitative estimate of drug-likeness (QED) is 0.144. The highest BCUT2D eigenvalue weighted by Crippen LogP contribution is 2.57. The van der Waals surface area contributed by atoms with Gasteiger partial charge in [0, 0.05) is 24.4 Å². The van der Waals surface area contributed by atoms with Gasteiger partial charge in [-0.05, 0) is 95.6 Å². The van der Waals surface area contributed by atoms with E-state index in [-0.39, 0.29) is 49.8 Å². The molecule has 1 N–H and O–H groups in total. The summed E-state index contributed by atoms with van der Waals surface area (Å²) in [6.07, 6.45) is 9.52. The fourth-order valence-electron chi connectivity index (χ4n) is 8.78. The van der Waals surface area contributed by atoms with Crippen LogP contribution in [0.4, 0.5) is 0 Å². The Kier molecular flexibility index (Phi) is 11.8. The highest BCUT2D eigenvalue weighted by molar-refractivity contribution is 7.85. The Bertz CT molecular complexity index is 1910. The van der Waals surface area contributed by atoms with E-state index in [0.717, 1.165) is 54.9 Å². The van der Waals surface area contributed by atoms with Gasteiger partial charge in [-0.15, -0.1) is 6.58 Å². The minimum atomic E-state index is -4.44. The van der Waals surface area contributed by atoms with Gasteiger partial charge in [0.15, 0.2) is 5.78 Å². The summed E-state index contributed by atoms with van der Waals surface area (Å²) in [5.41, 5.74) is -1.81. The lowest BCUT2D eigenvalue weighted by Gasteiger charge is -2.34. The number of carbonyl (C=O) groups is 4. The number of ketones is 1. The number of ether oxygens (including phenoxy) is 2. The van der Waals surface area contributed by atoms with E-state index < -0.39 is 62.8 Å². The van der Waals surface area contributed by atoms with Gasteiger partial charge in [-0.25, -0.2) is 13.9 Å². The van der Waals surface area contributed by atoms with Crippen molar-refractivity contribution in [3.63, 3.8) is 0 Å². The lowest BCUT2D eigenvalue weighted by atomic mass is 9.77. The lowest BCUT2D eigenvalue weighted by Crippen LogP contribution is -2.48. The van der Waals surface area contributed by atoms with Crippen molar-refractivity contribution in [2.24, 2.45) is 23.2 Å². The van der Waals surface area contributed by atoms with Gasteiger partial charge in [0.2, 0.25) is 17.7 Å². The first kappa shape index (κ1) is 40.8. The predicted octanol–water partition coefficient (Wildman–Crippen LogP) is 6.68. The molecule has 0 bridgehead atoms. The van der Waals surface area contributed by atoms with E-state index in [1.54, 1.807) is 33.0 Å². The van der Waals surface area contributed by atoms with Gasteiger partial charge in [0.1, 0.15) is 11.7 Å². The van der Waals surface area contributed by atoms with Crippen molar-refractivity contribution in [2.75, 3.05) is 6.54 Å². The number of carbonyl (C=O) groups excluding carboxylic acids is 4. The molecule has 5 atom stereocenters. The number of aryl methyl sites for hydroxylation is 1. The number of rotatable bonds is 16. The predicted molar refractivity (Wildman–Crippen MR) is 207 cm³/mol. The number of allylic oxidation sites excluding steroid dienone is 1. The van der Waals surface area contributed by atoms with Crippen molar-refractivity contribution in [1.29, 1.82) is 0 Å². The maximum Gasteiger partial charge on any atom is 0.362 e. The third-order valence-corrected chi connectivity index (χ3v) is 12.8. The third-order valence-electron chi connectivity index (χ3n) is 11.8. The number of aromatic nitrogens is 1. The molecular weight excluding hydrogens is 723 g/mol. The Balaban J connectivity index is 1.27. The van der Waals surface area contributed by atoms with Crippen LogP contribution in [0.1, 0.15) is 117 Å². The summed E-state index contributed by atoms with van der Waals surface area (Å²) >= 11 is 0. The zero-order chi connectivity index (χ0) is 39.8. The largest absolute Gasteiger partial charge is 0.472 e. The average Bonchev–Trinajstić information content (AvgIpc) is 3.99. The molecule has 1 saturated heterocycles. The summed E-state index contributed by atoms with van der Waals surface area (Å²) < 4.78 is 45.9. The Hall–Kier alpha value is -3.84. The number of hydrogen-bond acceptors (Lipinski definition) is 10. The molecule has 13 heteroatoms. The van der Waals surface area contributed by atoms with Gasteiger partial charge in [-0.1, -0.05) is 56.4 Å². The molecule has 1 aromatic heterocycles. The molecule has 0 unspecified atom stereocenters. The average molecular weight is 780 g/mol. The van der Waals surface area contributed by atoms with Crippen molar-refractivity contribution in [3.8, 4) is 5.88 Å². The van der Waals surface area contributed by atoms with E-state index in [1.807, 2.05) is 38.1 Å². The molecule has 4 fully saturated rings. The molecule has 0 radical (unpaired) electrons. The fourth-order valence-corrected chi connectivity index (χ4v) is 9.96. The second-order valence-electron chi connectivity index (χ2n) is 17.4. The van der Waals surface area contributed by atoms with E-state index in [2.05, 4.69) is 16.3 Å². The summed E-state index contributed by atoms with van der Waals surface area (Å²) in [6.45, 7) is 13.2. The monoisotopic (exact) mass is 779 g/mol. The van der Waals surface area contributed by atoms with Crippen molar-refractivity contribution >= 4 is 44.6 Å². The number of pyridine rings is 1. The molecule has 2 amide bonds. The number of benzene rings is 1. The van der Waals surface area contributed by atoms with Gasteiger partial charge >= 0.3 is 16.3 Å². The summed E-state index contributed by atoms with van der Waals surface area (Å²) in [7, 11) is -4.44. The number of nitrogens with zero attached hydrogens (tertiary/aromatic N) is 2. The number of amides is 2. The third kappa shape index (κ3) is 9.59. The summed E-state index contributed by atoms with van der Waals surface area (Å²) in [6, 6.07) is 6.84. The molecule has 4 aliphatic rings. The van der Waals surface area contributed by atoms with Crippen LogP contribution < -0.4 is 9.46 Å². The highest BCUT2D eigenvalue weighted by atomic mass is 32.2. The van der Waals surface area contributed by atoms with Gasteiger partial charge in [0.05, 0.1) is 35.9 Å². The van der Waals surface area contributed by atoms with Crippen LogP contribution in [0, 0.1) is 30.1 Å². The SMILES string of the molecule is C=C[C@@H]1C[C@]1(CC(=O)[C@@H]1C[C@@H](Oc2nccc3cc(C)ccc23)CN1C(=O)[C@@H](CC(=O)OC(C)(C)C)C1CCCCC1)C(=O)NS(=O)(=O)OC1(CCC)CC1. The first-order valence-electron chi connectivity index (χ1n) is 19.9. The van der Waals surface area contributed by atoms with Crippen molar-refractivity contribution in [2.45, 2.75) is 141 Å². The molecule has 1 aromatic carbocycles. The first-order chi connectivity index (χ1) is 26.0. The minimum Gasteiger partial charge on any atom is -0.472 e. The van der Waals surface area contributed by atoms with Gasteiger partial charge in [0.25, 0.3) is 0 Å². The van der Waals surface area contributed by atoms with Gasteiger partial charge in [-0.2, -0.15) is 8.42 Å². The molecule has 300 valence electrons. The van der Waals surface area contributed by atoms with Crippen LogP contribution in [0.5, 0.6) is 5.88 Å². The maximum absolute atomic E-state index is 14.8. The van der Waals surface area contributed by atoms with Gasteiger partial charge in [-0.3, -0.25) is 19.2 Å². The van der Waals surface area contributed by atoms with Crippen LogP contribution in [-0.4, -0.2) is 71.8 Å². The zero-order valence-electron chi connectivity index (χ0n) is 32.9. The van der Waals surface area contributed by atoms with E-state index in [1.165, 1.54) is 4.90 Å². The topological polar surface area (TPSA) is 158 Å². The number of fused-ring (bicyclic) bond motifs is 1. The van der Waals surface area contributed by atoms with Crippen LogP contribution in [0.15, 0.2) is 43.1 Å². The Morgan fingerprint density at radius 2 is 1.84 bits per heavy atom. The summed E-state index contributed by atoms with van der Waals surface area (Å²) in [5, 5.41) is 1.74. The van der Waals surface area contributed by atoms with Crippen molar-refractivity contribution < 1.29 is 41.3 Å². The summed E-state index contributed by atoms with van der Waals surface area (Å²) in [4.78, 5) is 62.5. The van der Waals surface area contributed by atoms with Crippen molar-refractivity contribution in [3.05, 3.63) is 48.7 Å². The smallest absolute Gasteiger partial charge is 0.362 e. The van der Waals surface area contributed by atoms with Gasteiger partial charge < -0.3 is 14.4 Å². The second kappa shape index (κ2) is 16.0. The lowest BCUT2D eigenvalue weighted by molar-refractivity contribution is -0.160. The highest BCUT2D eigenvalue weighted by Gasteiger charge is 2.61. The Labute approximate surface area is 325 Å². The Morgan fingerprint density at radius 1 is 1.11 bits per heavy atom. The summed E-state index contributed by atoms with van der Waals surface area (Å²) in [5.74, 6) is -2.83. The molecule has 55 heavy (non-hydrogen) atoms. The minimum absolute atomic E-state index is 0.0640. The molecule has 3 aliphatic carbocycles. The molecule has 2 heterocycles. The normalized spacial score (nSPS) is 25.5. The number of nitrogens with one attached hydrogen (secondary N) is 1. The first-order valence-corrected chi connectivity index (χ1v) is 21.4. The zero-order valence-corrected chi connectivity index (χ0v) is 33.8. The van der Waals surface area contributed by atoms with E-state index in [4.69, 9.17) is 13.7 Å². The number of hydrogen-bond donors (Lipinski definition) is 1. The Morgan fingerprint density at radius 3 is 2.47 bits per heavy atom. The van der Waals surface area contributed by atoms with E-state index in [0.29, 0.717) is 25.1 Å². The van der Waals surface area contributed by atoms with Crippen molar-refractivity contribution in [1.82, 2.24) is 14.6 Å². The molecule has 6 rings (SSSR count). The van der Waals surface area contributed by atoms with E-state index >= 15 is 0 Å². The molecule has 12 nitrogen and oxygen atoms in total. The number of likely N-dealkylation sites (tertiary alicyclic amines) is 1. The standard InChI is InChI=1S/C42H57N3O9S/c1-7-17-41(18-19-41)54-55(50,51)44-39(49)42(24-30(42)8-2)25-35(46)34-22-31(52-37-32-15-14-27(3)21-29(32)16-20-43-37)26-45(34)38(48)33(28-12-10-9-11-13-28)23-36(47)53-40(4,5)6/h8,14-16,20-21,28,30-31,33-34H,2,7,9-13,17-19,22-26H2,1,3-6H3,(H,44,49)/t30-,31-,33+,34+,42-/m1/s1. The number of esters is 1. The van der Waals surface area contributed by atoms with Crippen LogP contribution in [0.25, 0.3) is 10.8 Å². The fraction of sp³-hybridized carbons (Fsp3) is 0.643. The number of Topliss-reactive ketones (excluding diaryl/α,β-unsaturated/α-hetero) is 1. The second-order valence-corrected chi connectivity index (χ2v) is 18.6. The molecule has 2 aromatic rings. The molecular formula is C42H57N3O9S.